The molecule has 0 bridgehead atoms. The van der Waals surface area contributed by atoms with Crippen molar-refractivity contribution in [2.24, 2.45) is 7.05 Å². The molecule has 0 spiro atoms. The average molecular weight is 568 g/mol. The third-order valence-corrected chi connectivity index (χ3v) is 8.58. The lowest BCUT2D eigenvalue weighted by Crippen LogP contribution is -2.45. The molecule has 0 saturated carbocycles. The topological polar surface area (TPSA) is 100 Å². The molecular formula is C31H30ClN7O2. The van der Waals surface area contributed by atoms with Gasteiger partial charge in [0.2, 0.25) is 0 Å². The van der Waals surface area contributed by atoms with Crippen molar-refractivity contribution in [3.63, 3.8) is 0 Å². The number of nitrogens with zero attached hydrogens (tertiary/aromatic N) is 7. The highest BCUT2D eigenvalue weighted by atomic mass is 35.5. The van der Waals surface area contributed by atoms with Gasteiger partial charge in [0.25, 0.3) is 11.8 Å². The fourth-order valence-electron chi connectivity index (χ4n) is 5.89. The molecule has 9 nitrogen and oxygen atoms in total. The van der Waals surface area contributed by atoms with Crippen molar-refractivity contribution >= 4 is 23.4 Å². The largest absolute Gasteiger partial charge is 0.331 e. The lowest BCUT2D eigenvalue weighted by atomic mass is 9.96. The highest BCUT2D eigenvalue weighted by molar-refractivity contribution is 6.31. The molecular weight excluding hydrogens is 538 g/mol. The Morgan fingerprint density at radius 3 is 2.54 bits per heavy atom. The molecule has 10 heteroatoms. The van der Waals surface area contributed by atoms with Gasteiger partial charge in [0.15, 0.2) is 0 Å². The van der Waals surface area contributed by atoms with E-state index >= 15 is 0 Å². The third kappa shape index (κ3) is 4.58. The molecule has 2 aromatic heterocycles. The van der Waals surface area contributed by atoms with Gasteiger partial charge < -0.3 is 9.80 Å². The summed E-state index contributed by atoms with van der Waals surface area (Å²) in [7, 11) is 1.89. The molecule has 0 radical (unpaired) electrons. The van der Waals surface area contributed by atoms with Crippen LogP contribution >= 0.6 is 11.6 Å². The van der Waals surface area contributed by atoms with Gasteiger partial charge in [-0.3, -0.25) is 19.0 Å². The van der Waals surface area contributed by atoms with Gasteiger partial charge >= 0.3 is 0 Å². The van der Waals surface area contributed by atoms with Crippen molar-refractivity contribution in [3.8, 4) is 17.3 Å². The molecule has 4 aromatic rings. The number of hydrogen-bond acceptors (Lipinski definition) is 5. The number of rotatable bonds is 4. The number of carbonyl (C=O) groups is 2. The van der Waals surface area contributed by atoms with Gasteiger partial charge in [-0.15, -0.1) is 0 Å². The lowest BCUT2D eigenvalue weighted by Gasteiger charge is -2.37. The Morgan fingerprint density at radius 1 is 1.10 bits per heavy atom. The minimum absolute atomic E-state index is 0.0162. The predicted octanol–water partition coefficient (Wildman–Crippen LogP) is 5.17. The molecule has 2 amide bonds. The maximum atomic E-state index is 14.0. The monoisotopic (exact) mass is 567 g/mol. The van der Waals surface area contributed by atoms with Crippen LogP contribution in [0.1, 0.15) is 76.1 Å². The Hall–Kier alpha value is -4.42. The van der Waals surface area contributed by atoms with Crippen LogP contribution in [0.15, 0.2) is 54.7 Å². The molecule has 3 atom stereocenters. The van der Waals surface area contributed by atoms with Crippen LogP contribution in [0, 0.1) is 11.3 Å². The van der Waals surface area contributed by atoms with E-state index in [0.29, 0.717) is 29.2 Å². The summed E-state index contributed by atoms with van der Waals surface area (Å²) in [5, 5.41) is 19.0. The second-order valence-corrected chi connectivity index (χ2v) is 11.4. The minimum atomic E-state index is -0.203. The van der Waals surface area contributed by atoms with Crippen molar-refractivity contribution in [3.05, 3.63) is 93.4 Å². The average Bonchev–Trinajstić information content (AvgIpc) is 3.58. The predicted molar refractivity (Wildman–Crippen MR) is 154 cm³/mol. The second kappa shape index (κ2) is 10.2. The molecule has 41 heavy (non-hydrogen) atoms. The summed E-state index contributed by atoms with van der Waals surface area (Å²) in [4.78, 5) is 31.3. The van der Waals surface area contributed by atoms with Crippen molar-refractivity contribution in [2.45, 2.75) is 51.9 Å². The number of hydrogen-bond donors (Lipinski definition) is 0. The van der Waals surface area contributed by atoms with Crippen molar-refractivity contribution < 1.29 is 9.59 Å². The van der Waals surface area contributed by atoms with E-state index in [4.69, 9.17) is 16.7 Å². The number of aryl methyl sites for hydroxylation is 1. The first-order valence-corrected chi connectivity index (χ1v) is 14.1. The van der Waals surface area contributed by atoms with Crippen LogP contribution in [0.25, 0.3) is 11.3 Å². The van der Waals surface area contributed by atoms with Gasteiger partial charge in [-0.25, -0.2) is 0 Å². The van der Waals surface area contributed by atoms with Crippen molar-refractivity contribution in [2.75, 3.05) is 6.54 Å². The molecule has 0 fully saturated rings. The molecule has 0 unspecified atom stereocenters. The van der Waals surface area contributed by atoms with Crippen molar-refractivity contribution in [1.29, 1.82) is 5.26 Å². The molecule has 2 aliphatic heterocycles. The van der Waals surface area contributed by atoms with Crippen LogP contribution in [0.4, 0.5) is 0 Å². The summed E-state index contributed by atoms with van der Waals surface area (Å²) in [6.07, 6.45) is 2.46. The van der Waals surface area contributed by atoms with Gasteiger partial charge in [-0.2, -0.15) is 15.5 Å². The molecule has 0 N–H and O–H groups in total. The highest BCUT2D eigenvalue weighted by Crippen LogP contribution is 2.35. The van der Waals surface area contributed by atoms with Gasteiger partial charge in [0.05, 0.1) is 40.6 Å². The Morgan fingerprint density at radius 2 is 1.85 bits per heavy atom. The summed E-state index contributed by atoms with van der Waals surface area (Å²) in [6.45, 7) is 6.91. The number of carbonyl (C=O) groups excluding carboxylic acids is 2. The van der Waals surface area contributed by atoms with Gasteiger partial charge in [0, 0.05) is 48.9 Å². The fraction of sp³-hybridized carbons (Fsp3) is 0.323. The zero-order valence-electron chi connectivity index (χ0n) is 23.4. The zero-order chi connectivity index (χ0) is 29.0. The lowest BCUT2D eigenvalue weighted by molar-refractivity contribution is 0.0574. The maximum absolute atomic E-state index is 14.0. The molecule has 2 aliphatic rings. The Labute approximate surface area is 243 Å². The Balaban J connectivity index is 1.28. The number of halogens is 1. The van der Waals surface area contributed by atoms with E-state index in [1.807, 2.05) is 60.9 Å². The zero-order valence-corrected chi connectivity index (χ0v) is 24.1. The first kappa shape index (κ1) is 26.8. The number of fused-ring (bicyclic) bond motifs is 3. The molecule has 4 heterocycles. The van der Waals surface area contributed by atoms with Crippen LogP contribution < -0.4 is 0 Å². The first-order chi connectivity index (χ1) is 19.7. The van der Waals surface area contributed by atoms with Crippen LogP contribution in [0.2, 0.25) is 5.02 Å². The number of benzene rings is 2. The third-order valence-electron chi connectivity index (χ3n) is 8.25. The van der Waals surface area contributed by atoms with Crippen LogP contribution in [-0.4, -0.2) is 53.8 Å². The van der Waals surface area contributed by atoms with E-state index in [1.165, 1.54) is 6.07 Å². The van der Waals surface area contributed by atoms with Gasteiger partial charge in [-0.05, 0) is 50.6 Å². The summed E-state index contributed by atoms with van der Waals surface area (Å²) in [6, 6.07) is 16.6. The number of aromatic nitrogens is 4. The Kier molecular flexibility index (Phi) is 6.66. The standard InChI is InChI=1S/C31H30ClN7O2/c1-18-13-28-25(17-37(18)30(40)23-9-10-26(32)24(14-23)15-33)29-31(41)38(16-19(2)39(29)35-28)20(3)21-5-7-22(8-6-21)27-11-12-36(4)34-27/h5-12,14,18-20H,13,16-17H2,1-4H3/t18-,19-,20+/m1/s1. The van der Waals surface area contributed by atoms with Crippen molar-refractivity contribution in [1.82, 2.24) is 29.4 Å². The Bertz CT molecular complexity index is 1720. The van der Waals surface area contributed by atoms with Gasteiger partial charge in [-0.1, -0.05) is 35.9 Å². The quantitative estimate of drug-likeness (QED) is 0.338. The minimum Gasteiger partial charge on any atom is -0.331 e. The SMILES string of the molecule is C[C@@H]1Cc2nn3c(c2CN1C(=O)c1ccc(Cl)c(C#N)c1)C(=O)N([C@@H](C)c1ccc(-c2ccn(C)n2)cc1)C[C@H]3C. The van der Waals surface area contributed by atoms with E-state index in [1.54, 1.807) is 21.7 Å². The smallest absolute Gasteiger partial charge is 0.273 e. The van der Waals surface area contributed by atoms with Crippen LogP contribution in [0.5, 0.6) is 0 Å². The highest BCUT2D eigenvalue weighted by Gasteiger charge is 2.40. The van der Waals surface area contributed by atoms with Gasteiger partial charge in [0.1, 0.15) is 11.8 Å². The summed E-state index contributed by atoms with van der Waals surface area (Å²) in [5.74, 6) is -0.288. The summed E-state index contributed by atoms with van der Waals surface area (Å²) in [5.41, 5.74) is 5.82. The number of nitriles is 1. The van der Waals surface area contributed by atoms with Crippen LogP contribution in [0.3, 0.4) is 0 Å². The van der Waals surface area contributed by atoms with E-state index in [2.05, 4.69) is 24.2 Å². The van der Waals surface area contributed by atoms with E-state index < -0.39 is 0 Å². The molecule has 2 aromatic carbocycles. The molecule has 208 valence electrons. The summed E-state index contributed by atoms with van der Waals surface area (Å²) < 4.78 is 3.62. The normalized spacial score (nSPS) is 19.0. The van der Waals surface area contributed by atoms with Crippen LogP contribution in [-0.2, 0) is 20.0 Å². The fourth-order valence-corrected chi connectivity index (χ4v) is 6.05. The molecule has 0 aliphatic carbocycles. The van der Waals surface area contributed by atoms with E-state index in [0.717, 1.165) is 28.1 Å². The maximum Gasteiger partial charge on any atom is 0.273 e. The van der Waals surface area contributed by atoms with E-state index in [9.17, 15) is 14.9 Å². The second-order valence-electron chi connectivity index (χ2n) is 11.0. The van der Waals surface area contributed by atoms with E-state index in [-0.39, 0.29) is 42.0 Å². The molecule has 0 saturated heterocycles. The number of amides is 2. The molecule has 6 rings (SSSR count). The summed E-state index contributed by atoms with van der Waals surface area (Å²) >= 11 is 6.09. The first-order valence-electron chi connectivity index (χ1n) is 13.7.